The second-order valence-corrected chi connectivity index (χ2v) is 9.78. The molecule has 0 bridgehead atoms. The van der Waals surface area contributed by atoms with Gasteiger partial charge in [-0.05, 0) is 66.2 Å². The van der Waals surface area contributed by atoms with Gasteiger partial charge in [-0.25, -0.2) is 8.42 Å². The standard InChI is InChI=1S/C24H18BrN3O6S/c1-32-21-9-7-19(12-23(21)35(30,31)28-18-5-3-17(25)4-6-18)27-24(29)16(13-26)10-15-2-8-20-22(11-15)34-14-33-20/h2-12,28H,14H2,1H3,(H,27,29)/b16-10-. The molecule has 1 amide bonds. The highest BCUT2D eigenvalue weighted by Gasteiger charge is 2.22. The van der Waals surface area contributed by atoms with Gasteiger partial charge in [0.05, 0.1) is 7.11 Å². The summed E-state index contributed by atoms with van der Waals surface area (Å²) in [5.74, 6) is 0.470. The number of anilines is 2. The SMILES string of the molecule is COc1ccc(NC(=O)/C(C#N)=C\c2ccc3c(c2)OCO3)cc1S(=O)(=O)Nc1ccc(Br)cc1. The number of amides is 1. The maximum atomic E-state index is 13.0. The third-order valence-electron chi connectivity index (χ3n) is 4.88. The number of methoxy groups -OCH3 is 1. The normalized spacial score (nSPS) is 12.5. The molecule has 0 fully saturated rings. The van der Waals surface area contributed by atoms with Gasteiger partial charge in [0.2, 0.25) is 6.79 Å². The van der Waals surface area contributed by atoms with Gasteiger partial charge in [0.1, 0.15) is 22.3 Å². The highest BCUT2D eigenvalue weighted by molar-refractivity contribution is 9.10. The van der Waals surface area contributed by atoms with Crippen LogP contribution >= 0.6 is 15.9 Å². The molecule has 178 valence electrons. The molecule has 0 saturated heterocycles. The second-order valence-electron chi connectivity index (χ2n) is 7.21. The van der Waals surface area contributed by atoms with Crippen LogP contribution in [-0.4, -0.2) is 28.2 Å². The highest BCUT2D eigenvalue weighted by atomic mass is 79.9. The Balaban J connectivity index is 1.58. The highest BCUT2D eigenvalue weighted by Crippen LogP contribution is 2.33. The van der Waals surface area contributed by atoms with Crippen LogP contribution in [0.3, 0.4) is 0 Å². The predicted octanol–water partition coefficient (Wildman–Crippen LogP) is 4.53. The fraction of sp³-hybridized carbons (Fsp3) is 0.0833. The van der Waals surface area contributed by atoms with E-state index in [0.29, 0.717) is 22.7 Å². The van der Waals surface area contributed by atoms with Crippen LogP contribution in [0, 0.1) is 11.3 Å². The van der Waals surface area contributed by atoms with Crippen LogP contribution in [0.2, 0.25) is 0 Å². The number of sulfonamides is 1. The molecule has 0 radical (unpaired) electrons. The molecule has 35 heavy (non-hydrogen) atoms. The van der Waals surface area contributed by atoms with Crippen molar-refractivity contribution in [3.63, 3.8) is 0 Å². The van der Waals surface area contributed by atoms with E-state index in [1.165, 1.54) is 31.4 Å². The minimum Gasteiger partial charge on any atom is -0.495 e. The van der Waals surface area contributed by atoms with Crippen molar-refractivity contribution in [3.05, 3.63) is 76.3 Å². The summed E-state index contributed by atoms with van der Waals surface area (Å²) in [7, 11) is -2.71. The van der Waals surface area contributed by atoms with Crippen molar-refractivity contribution >= 4 is 49.3 Å². The van der Waals surface area contributed by atoms with E-state index in [2.05, 4.69) is 26.0 Å². The monoisotopic (exact) mass is 555 g/mol. The molecule has 0 aromatic heterocycles. The summed E-state index contributed by atoms with van der Waals surface area (Å²) in [6.07, 6.45) is 1.40. The second kappa shape index (κ2) is 10.1. The van der Waals surface area contributed by atoms with Gasteiger partial charge in [-0.1, -0.05) is 22.0 Å². The number of nitriles is 1. The molecule has 2 N–H and O–H groups in total. The van der Waals surface area contributed by atoms with E-state index in [0.717, 1.165) is 4.47 Å². The zero-order valence-corrected chi connectivity index (χ0v) is 20.6. The molecule has 0 spiro atoms. The molecule has 9 nitrogen and oxygen atoms in total. The lowest BCUT2D eigenvalue weighted by Crippen LogP contribution is -2.16. The van der Waals surface area contributed by atoms with Gasteiger partial charge in [0, 0.05) is 15.8 Å². The maximum Gasteiger partial charge on any atom is 0.266 e. The van der Waals surface area contributed by atoms with E-state index in [1.807, 2.05) is 6.07 Å². The van der Waals surface area contributed by atoms with Crippen LogP contribution in [0.5, 0.6) is 17.2 Å². The molecule has 4 rings (SSSR count). The third-order valence-corrected chi connectivity index (χ3v) is 6.81. The number of benzene rings is 3. The average Bonchev–Trinajstić information content (AvgIpc) is 3.31. The fourth-order valence-electron chi connectivity index (χ4n) is 3.21. The van der Waals surface area contributed by atoms with Crippen molar-refractivity contribution in [2.45, 2.75) is 4.90 Å². The number of nitrogens with zero attached hydrogens (tertiary/aromatic N) is 1. The molecule has 0 unspecified atom stereocenters. The summed E-state index contributed by atoms with van der Waals surface area (Å²) in [4.78, 5) is 12.6. The molecule has 11 heteroatoms. The summed E-state index contributed by atoms with van der Waals surface area (Å²) in [6.45, 7) is 0.105. The van der Waals surface area contributed by atoms with E-state index in [1.54, 1.807) is 42.5 Å². The van der Waals surface area contributed by atoms with Gasteiger partial charge in [-0.15, -0.1) is 0 Å². The minimum atomic E-state index is -4.05. The zero-order valence-electron chi connectivity index (χ0n) is 18.2. The summed E-state index contributed by atoms with van der Waals surface area (Å²) in [5.41, 5.74) is 0.900. The van der Waals surface area contributed by atoms with Crippen molar-refractivity contribution in [2.75, 3.05) is 23.9 Å². The summed E-state index contributed by atoms with van der Waals surface area (Å²) in [6, 6.07) is 17.6. The van der Waals surface area contributed by atoms with Crippen molar-refractivity contribution in [1.29, 1.82) is 5.26 Å². The Kier molecular flexibility index (Phi) is 6.95. The fourth-order valence-corrected chi connectivity index (χ4v) is 4.73. The van der Waals surface area contributed by atoms with Crippen molar-refractivity contribution in [2.24, 2.45) is 0 Å². The zero-order chi connectivity index (χ0) is 25.0. The van der Waals surface area contributed by atoms with E-state index >= 15 is 0 Å². The Hall–Kier alpha value is -4.01. The van der Waals surface area contributed by atoms with Crippen LogP contribution in [-0.2, 0) is 14.8 Å². The number of hydrogen-bond donors (Lipinski definition) is 2. The van der Waals surface area contributed by atoms with Crippen molar-refractivity contribution in [3.8, 4) is 23.3 Å². The molecular weight excluding hydrogens is 538 g/mol. The Morgan fingerprint density at radius 2 is 1.77 bits per heavy atom. The number of ether oxygens (including phenoxy) is 3. The maximum absolute atomic E-state index is 13.0. The van der Waals surface area contributed by atoms with E-state index in [9.17, 15) is 18.5 Å². The van der Waals surface area contributed by atoms with Crippen LogP contribution in [0.1, 0.15) is 5.56 Å². The Labute approximate surface area is 210 Å². The minimum absolute atomic E-state index is 0.0871. The molecule has 1 aliphatic rings. The molecule has 0 saturated carbocycles. The van der Waals surface area contributed by atoms with Crippen molar-refractivity contribution in [1.82, 2.24) is 0 Å². The van der Waals surface area contributed by atoms with Gasteiger partial charge in [-0.3, -0.25) is 9.52 Å². The largest absolute Gasteiger partial charge is 0.495 e. The first-order valence-electron chi connectivity index (χ1n) is 10.1. The van der Waals surface area contributed by atoms with E-state index in [4.69, 9.17) is 14.2 Å². The first-order chi connectivity index (χ1) is 16.8. The summed E-state index contributed by atoms with van der Waals surface area (Å²) >= 11 is 3.30. The van der Waals surface area contributed by atoms with Crippen molar-refractivity contribution < 1.29 is 27.4 Å². The lowest BCUT2D eigenvalue weighted by Gasteiger charge is -2.14. The lowest BCUT2D eigenvalue weighted by molar-refractivity contribution is -0.112. The predicted molar refractivity (Wildman–Crippen MR) is 133 cm³/mol. The third kappa shape index (κ3) is 5.56. The summed E-state index contributed by atoms with van der Waals surface area (Å²) < 4.78 is 45.1. The number of nitrogens with one attached hydrogen (secondary N) is 2. The van der Waals surface area contributed by atoms with E-state index in [-0.39, 0.29) is 28.7 Å². The summed E-state index contributed by atoms with van der Waals surface area (Å²) in [5, 5.41) is 12.1. The number of carbonyl (C=O) groups is 1. The van der Waals surface area contributed by atoms with Crippen LogP contribution in [0.15, 0.2) is 75.6 Å². The molecule has 3 aromatic rings. The van der Waals surface area contributed by atoms with Gasteiger partial charge < -0.3 is 19.5 Å². The Morgan fingerprint density at radius 1 is 1.06 bits per heavy atom. The molecule has 1 aliphatic heterocycles. The molecule has 0 aliphatic carbocycles. The topological polar surface area (TPSA) is 127 Å². The molecular formula is C24H18BrN3O6S. The number of rotatable bonds is 7. The smallest absolute Gasteiger partial charge is 0.266 e. The number of hydrogen-bond acceptors (Lipinski definition) is 7. The van der Waals surface area contributed by atoms with Crippen LogP contribution < -0.4 is 24.2 Å². The quantitative estimate of drug-likeness (QED) is 0.323. The van der Waals surface area contributed by atoms with Gasteiger partial charge in [0.25, 0.3) is 15.9 Å². The Morgan fingerprint density at radius 3 is 2.49 bits per heavy atom. The molecule has 3 aromatic carbocycles. The first kappa shape index (κ1) is 24.1. The number of fused-ring (bicyclic) bond motifs is 1. The average molecular weight is 556 g/mol. The lowest BCUT2D eigenvalue weighted by atomic mass is 10.1. The Bertz CT molecular complexity index is 1460. The van der Waals surface area contributed by atoms with Gasteiger partial charge in [0.15, 0.2) is 11.5 Å². The molecule has 1 heterocycles. The number of carbonyl (C=O) groups excluding carboxylic acids is 1. The van der Waals surface area contributed by atoms with Crippen LogP contribution in [0.25, 0.3) is 6.08 Å². The van der Waals surface area contributed by atoms with Gasteiger partial charge >= 0.3 is 0 Å². The van der Waals surface area contributed by atoms with Gasteiger partial charge in [-0.2, -0.15) is 5.26 Å². The molecule has 0 atom stereocenters. The number of halogens is 1. The first-order valence-corrected chi connectivity index (χ1v) is 12.4. The van der Waals surface area contributed by atoms with E-state index < -0.39 is 15.9 Å². The van der Waals surface area contributed by atoms with Crippen LogP contribution in [0.4, 0.5) is 11.4 Å².